The summed E-state index contributed by atoms with van der Waals surface area (Å²) in [6.45, 7) is 3.74. The number of aromatic amines is 1. The van der Waals surface area contributed by atoms with Crippen LogP contribution in [-0.2, 0) is 0 Å². The fraction of sp³-hybridized carbons (Fsp3) is 0.200. The zero-order valence-electron chi connectivity index (χ0n) is 14.8. The Balaban J connectivity index is 1.93. The molecule has 0 fully saturated rings. The molecule has 1 heterocycles. The Kier molecular flexibility index (Phi) is 4.31. The zero-order valence-corrected chi connectivity index (χ0v) is 14.8. The number of nitrogens with zero attached hydrogens (tertiary/aromatic N) is 1. The summed E-state index contributed by atoms with van der Waals surface area (Å²) in [4.78, 5) is 29.3. The first-order chi connectivity index (χ1) is 11.9. The van der Waals surface area contributed by atoms with Crippen LogP contribution in [0.1, 0.15) is 21.5 Å². The van der Waals surface area contributed by atoms with Gasteiger partial charge in [-0.3, -0.25) is 9.59 Å². The first-order valence-electron chi connectivity index (χ1n) is 8.09. The van der Waals surface area contributed by atoms with Crippen molar-refractivity contribution in [3.8, 4) is 0 Å². The molecule has 5 heteroatoms. The van der Waals surface area contributed by atoms with Crippen molar-refractivity contribution in [3.63, 3.8) is 0 Å². The Morgan fingerprint density at radius 3 is 2.52 bits per heavy atom. The number of benzene rings is 2. The molecular formula is C20H21N3O2. The Labute approximate surface area is 146 Å². The molecule has 0 spiro atoms. The SMILES string of the molecule is Cc1c(C)c2ccc(NC(=O)c3cccc(N(C)C)c3)cc2[nH]c1=O. The number of hydrogen-bond donors (Lipinski definition) is 2. The minimum absolute atomic E-state index is 0.104. The predicted molar refractivity (Wildman–Crippen MR) is 103 cm³/mol. The highest BCUT2D eigenvalue weighted by Gasteiger charge is 2.10. The van der Waals surface area contributed by atoms with Crippen LogP contribution < -0.4 is 15.8 Å². The number of fused-ring (bicyclic) bond motifs is 1. The lowest BCUT2D eigenvalue weighted by Gasteiger charge is -2.14. The molecule has 2 aromatic carbocycles. The lowest BCUT2D eigenvalue weighted by molar-refractivity contribution is 0.102. The third kappa shape index (κ3) is 3.26. The summed E-state index contributed by atoms with van der Waals surface area (Å²) in [7, 11) is 3.86. The number of aryl methyl sites for hydroxylation is 1. The van der Waals surface area contributed by atoms with Crippen molar-refractivity contribution in [3.05, 3.63) is 69.5 Å². The van der Waals surface area contributed by atoms with Gasteiger partial charge in [0.1, 0.15) is 0 Å². The Hall–Kier alpha value is -3.08. The molecule has 0 bridgehead atoms. The van der Waals surface area contributed by atoms with Gasteiger partial charge in [0.05, 0.1) is 5.52 Å². The second kappa shape index (κ2) is 6.43. The van der Waals surface area contributed by atoms with Crippen LogP contribution in [0.15, 0.2) is 47.3 Å². The van der Waals surface area contributed by atoms with E-state index < -0.39 is 0 Å². The standard InChI is InChI=1S/C20H21N3O2/c1-12-13(2)19(24)22-18-11-15(8-9-17(12)18)21-20(25)14-6-5-7-16(10-14)23(3)4/h5-11H,1-4H3,(H,21,25)(H,22,24). The van der Waals surface area contributed by atoms with Crippen molar-refractivity contribution >= 4 is 28.2 Å². The van der Waals surface area contributed by atoms with E-state index in [1.54, 1.807) is 19.1 Å². The van der Waals surface area contributed by atoms with E-state index in [-0.39, 0.29) is 11.5 Å². The van der Waals surface area contributed by atoms with E-state index in [9.17, 15) is 9.59 Å². The van der Waals surface area contributed by atoms with Gasteiger partial charge in [-0.25, -0.2) is 0 Å². The predicted octanol–water partition coefficient (Wildman–Crippen LogP) is 3.46. The van der Waals surface area contributed by atoms with Gasteiger partial charge >= 0.3 is 0 Å². The number of rotatable bonds is 3. The summed E-state index contributed by atoms with van der Waals surface area (Å²) in [5.41, 5.74) is 4.47. The van der Waals surface area contributed by atoms with E-state index in [2.05, 4.69) is 10.3 Å². The van der Waals surface area contributed by atoms with E-state index in [1.807, 2.05) is 56.3 Å². The molecule has 0 saturated carbocycles. The average Bonchev–Trinajstić information content (AvgIpc) is 2.59. The number of nitrogens with one attached hydrogen (secondary N) is 2. The van der Waals surface area contributed by atoms with Crippen LogP contribution in [0.25, 0.3) is 10.9 Å². The number of hydrogen-bond acceptors (Lipinski definition) is 3. The smallest absolute Gasteiger partial charge is 0.255 e. The minimum atomic E-state index is -0.186. The summed E-state index contributed by atoms with van der Waals surface area (Å²) in [5, 5.41) is 3.87. The summed E-state index contributed by atoms with van der Waals surface area (Å²) in [6, 6.07) is 13.0. The first kappa shape index (κ1) is 16.8. The van der Waals surface area contributed by atoms with Gasteiger partial charge in [-0.15, -0.1) is 0 Å². The quantitative estimate of drug-likeness (QED) is 0.770. The maximum atomic E-state index is 12.5. The largest absolute Gasteiger partial charge is 0.378 e. The number of carbonyl (C=O) groups is 1. The van der Waals surface area contributed by atoms with Crippen LogP contribution in [0, 0.1) is 13.8 Å². The summed E-state index contributed by atoms with van der Waals surface area (Å²) < 4.78 is 0. The Bertz CT molecular complexity index is 1020. The van der Waals surface area contributed by atoms with E-state index in [0.29, 0.717) is 22.3 Å². The monoisotopic (exact) mass is 335 g/mol. The molecule has 25 heavy (non-hydrogen) atoms. The molecule has 1 aromatic heterocycles. The van der Waals surface area contributed by atoms with E-state index in [4.69, 9.17) is 0 Å². The van der Waals surface area contributed by atoms with Crippen molar-refractivity contribution in [1.82, 2.24) is 4.98 Å². The number of aromatic nitrogens is 1. The molecule has 0 radical (unpaired) electrons. The zero-order chi connectivity index (χ0) is 18.1. The van der Waals surface area contributed by atoms with Gasteiger partial charge in [0, 0.05) is 42.0 Å². The lowest BCUT2D eigenvalue weighted by atomic mass is 10.1. The molecule has 1 amide bonds. The molecule has 0 aliphatic carbocycles. The number of anilines is 2. The Morgan fingerprint density at radius 2 is 1.80 bits per heavy atom. The number of H-pyrrole nitrogens is 1. The average molecular weight is 335 g/mol. The van der Waals surface area contributed by atoms with Gasteiger partial charge in [0.2, 0.25) is 0 Å². The molecular weight excluding hydrogens is 314 g/mol. The molecule has 5 nitrogen and oxygen atoms in total. The highest BCUT2D eigenvalue weighted by molar-refractivity contribution is 6.05. The fourth-order valence-corrected chi connectivity index (χ4v) is 2.77. The molecule has 0 unspecified atom stereocenters. The van der Waals surface area contributed by atoms with Gasteiger partial charge in [0.15, 0.2) is 0 Å². The van der Waals surface area contributed by atoms with Crippen LogP contribution in [0.3, 0.4) is 0 Å². The third-order valence-corrected chi connectivity index (χ3v) is 4.46. The fourth-order valence-electron chi connectivity index (χ4n) is 2.77. The normalized spacial score (nSPS) is 10.7. The van der Waals surface area contributed by atoms with Crippen molar-refractivity contribution in [2.24, 2.45) is 0 Å². The minimum Gasteiger partial charge on any atom is -0.378 e. The first-order valence-corrected chi connectivity index (χ1v) is 8.09. The van der Waals surface area contributed by atoms with Gasteiger partial charge < -0.3 is 15.2 Å². The summed E-state index contributed by atoms with van der Waals surface area (Å²) in [5.74, 6) is -0.186. The number of amides is 1. The van der Waals surface area contributed by atoms with E-state index >= 15 is 0 Å². The number of carbonyl (C=O) groups excluding carboxylic acids is 1. The van der Waals surface area contributed by atoms with E-state index in [0.717, 1.165) is 16.6 Å². The molecule has 128 valence electrons. The van der Waals surface area contributed by atoms with Crippen molar-refractivity contribution < 1.29 is 4.79 Å². The highest BCUT2D eigenvalue weighted by atomic mass is 16.1. The molecule has 3 rings (SSSR count). The van der Waals surface area contributed by atoms with Crippen molar-refractivity contribution in [2.45, 2.75) is 13.8 Å². The molecule has 0 saturated heterocycles. The van der Waals surface area contributed by atoms with Gasteiger partial charge in [-0.05, 0) is 49.7 Å². The second-order valence-electron chi connectivity index (χ2n) is 6.36. The van der Waals surface area contributed by atoms with Crippen LogP contribution in [0.4, 0.5) is 11.4 Å². The second-order valence-corrected chi connectivity index (χ2v) is 6.36. The Morgan fingerprint density at radius 1 is 1.04 bits per heavy atom. The molecule has 0 aliphatic heterocycles. The summed E-state index contributed by atoms with van der Waals surface area (Å²) >= 11 is 0. The van der Waals surface area contributed by atoms with Crippen molar-refractivity contribution in [2.75, 3.05) is 24.3 Å². The van der Waals surface area contributed by atoms with Crippen LogP contribution in [0.5, 0.6) is 0 Å². The maximum Gasteiger partial charge on any atom is 0.255 e. The van der Waals surface area contributed by atoms with Gasteiger partial charge in [-0.2, -0.15) is 0 Å². The molecule has 3 aromatic rings. The van der Waals surface area contributed by atoms with Gasteiger partial charge in [-0.1, -0.05) is 12.1 Å². The topological polar surface area (TPSA) is 65.2 Å². The molecule has 0 aliphatic rings. The van der Waals surface area contributed by atoms with Crippen LogP contribution in [-0.4, -0.2) is 25.0 Å². The third-order valence-electron chi connectivity index (χ3n) is 4.46. The lowest BCUT2D eigenvalue weighted by Crippen LogP contribution is -2.15. The highest BCUT2D eigenvalue weighted by Crippen LogP contribution is 2.22. The van der Waals surface area contributed by atoms with Crippen LogP contribution >= 0.6 is 0 Å². The molecule has 2 N–H and O–H groups in total. The molecule has 0 atom stereocenters. The summed E-state index contributed by atoms with van der Waals surface area (Å²) in [6.07, 6.45) is 0. The van der Waals surface area contributed by atoms with E-state index in [1.165, 1.54) is 0 Å². The number of pyridine rings is 1. The maximum absolute atomic E-state index is 12.5. The van der Waals surface area contributed by atoms with Gasteiger partial charge in [0.25, 0.3) is 11.5 Å². The van der Waals surface area contributed by atoms with Crippen LogP contribution in [0.2, 0.25) is 0 Å². The van der Waals surface area contributed by atoms with Crippen molar-refractivity contribution in [1.29, 1.82) is 0 Å².